The van der Waals surface area contributed by atoms with Gasteiger partial charge in [0.25, 0.3) is 0 Å². The van der Waals surface area contributed by atoms with Crippen molar-refractivity contribution in [2.75, 3.05) is 6.26 Å². The number of benzene rings is 1. The van der Waals surface area contributed by atoms with Gasteiger partial charge in [-0.25, -0.2) is 21.9 Å². The molecule has 0 aliphatic rings. The Balaban J connectivity index is 2.29. The van der Waals surface area contributed by atoms with Crippen LogP contribution >= 0.6 is 0 Å². The van der Waals surface area contributed by atoms with E-state index in [1.54, 1.807) is 0 Å². The number of hydrogen-bond acceptors (Lipinski definition) is 4. The zero-order chi connectivity index (χ0) is 20.0. The zero-order valence-corrected chi connectivity index (χ0v) is 14.3. The van der Waals surface area contributed by atoms with Crippen LogP contribution in [0.4, 0.5) is 22.0 Å². The average Bonchev–Trinajstić information content (AvgIpc) is 3.02. The molecule has 0 unspecified atom stereocenters. The van der Waals surface area contributed by atoms with Crippen molar-refractivity contribution in [3.8, 4) is 16.9 Å². The average molecular weight is 403 g/mol. The van der Waals surface area contributed by atoms with Crippen LogP contribution in [0.15, 0.2) is 47.6 Å². The van der Waals surface area contributed by atoms with Crippen molar-refractivity contribution >= 4 is 9.84 Å². The minimum atomic E-state index is -4.83. The van der Waals surface area contributed by atoms with Gasteiger partial charge in [-0.1, -0.05) is 0 Å². The Kier molecular flexibility index (Phi) is 4.50. The molecular formula is C16H10F5N3O2S. The highest BCUT2D eigenvalue weighted by molar-refractivity contribution is 7.90. The molecular weight excluding hydrogens is 393 g/mol. The van der Waals surface area contributed by atoms with E-state index < -0.39 is 49.5 Å². The Morgan fingerprint density at radius 1 is 1.07 bits per heavy atom. The number of alkyl halides is 3. The van der Waals surface area contributed by atoms with E-state index in [4.69, 9.17) is 0 Å². The number of rotatable bonds is 3. The summed E-state index contributed by atoms with van der Waals surface area (Å²) in [4.78, 5) is 2.87. The summed E-state index contributed by atoms with van der Waals surface area (Å²) in [5.74, 6) is -2.50. The number of aromatic nitrogens is 3. The number of pyridine rings is 1. The van der Waals surface area contributed by atoms with Crippen molar-refractivity contribution in [2.24, 2.45) is 0 Å². The molecule has 0 saturated carbocycles. The van der Waals surface area contributed by atoms with Gasteiger partial charge in [0.2, 0.25) is 0 Å². The molecule has 0 N–H and O–H groups in total. The van der Waals surface area contributed by atoms with E-state index in [1.165, 1.54) is 24.5 Å². The molecule has 142 valence electrons. The lowest BCUT2D eigenvalue weighted by Gasteiger charge is -2.10. The second kappa shape index (κ2) is 6.41. The van der Waals surface area contributed by atoms with Gasteiger partial charge in [-0.2, -0.15) is 18.3 Å². The molecule has 3 rings (SSSR count). The monoisotopic (exact) mass is 403 g/mol. The van der Waals surface area contributed by atoms with Gasteiger partial charge in [0, 0.05) is 18.0 Å². The molecule has 5 nitrogen and oxygen atoms in total. The van der Waals surface area contributed by atoms with Gasteiger partial charge in [0.05, 0.1) is 17.6 Å². The molecule has 27 heavy (non-hydrogen) atoms. The van der Waals surface area contributed by atoms with E-state index >= 15 is 0 Å². The fraction of sp³-hybridized carbons (Fsp3) is 0.125. The van der Waals surface area contributed by atoms with Gasteiger partial charge in [-0.3, -0.25) is 4.98 Å². The molecule has 3 aromatic rings. The summed E-state index contributed by atoms with van der Waals surface area (Å²) < 4.78 is 91.6. The summed E-state index contributed by atoms with van der Waals surface area (Å²) in [6.45, 7) is 0. The van der Waals surface area contributed by atoms with Gasteiger partial charge >= 0.3 is 6.18 Å². The van der Waals surface area contributed by atoms with Crippen LogP contribution in [0, 0.1) is 11.6 Å². The molecule has 0 saturated heterocycles. The number of hydrogen-bond donors (Lipinski definition) is 0. The summed E-state index contributed by atoms with van der Waals surface area (Å²) in [5.41, 5.74) is -2.23. The first-order chi connectivity index (χ1) is 12.5. The third kappa shape index (κ3) is 3.68. The molecule has 0 spiro atoms. The predicted octanol–water partition coefficient (Wildman–Crippen LogP) is 3.63. The molecule has 2 heterocycles. The highest BCUT2D eigenvalue weighted by atomic mass is 32.2. The van der Waals surface area contributed by atoms with E-state index in [2.05, 4.69) is 10.1 Å². The number of sulfone groups is 1. The Morgan fingerprint density at radius 2 is 1.78 bits per heavy atom. The van der Waals surface area contributed by atoms with Crippen molar-refractivity contribution in [2.45, 2.75) is 11.1 Å². The maximum absolute atomic E-state index is 14.5. The molecule has 11 heteroatoms. The molecule has 1 aromatic carbocycles. The third-order valence-corrected chi connectivity index (χ3v) is 4.70. The summed E-state index contributed by atoms with van der Waals surface area (Å²) in [7, 11) is -4.06. The van der Waals surface area contributed by atoms with E-state index in [1.807, 2.05) is 0 Å². The lowest BCUT2D eigenvalue weighted by molar-refractivity contribution is -0.141. The van der Waals surface area contributed by atoms with Gasteiger partial charge in [-0.05, 0) is 30.3 Å². The first-order valence-electron chi connectivity index (χ1n) is 7.25. The second-order valence-electron chi connectivity index (χ2n) is 5.57. The fourth-order valence-corrected chi connectivity index (χ4v) is 3.13. The molecule has 2 aromatic heterocycles. The van der Waals surface area contributed by atoms with Crippen molar-refractivity contribution in [1.82, 2.24) is 14.8 Å². The van der Waals surface area contributed by atoms with E-state index in [9.17, 15) is 30.4 Å². The molecule has 0 aliphatic heterocycles. The van der Waals surface area contributed by atoms with Gasteiger partial charge in [-0.15, -0.1) is 0 Å². The minimum Gasteiger partial charge on any atom is -0.262 e. The summed E-state index contributed by atoms with van der Waals surface area (Å²) in [5, 5.41) is 3.41. The maximum Gasteiger partial charge on any atom is 0.435 e. The highest BCUT2D eigenvalue weighted by Gasteiger charge is 2.36. The third-order valence-electron chi connectivity index (χ3n) is 3.59. The van der Waals surface area contributed by atoms with Crippen LogP contribution in [0.5, 0.6) is 0 Å². The van der Waals surface area contributed by atoms with E-state index in [-0.39, 0.29) is 5.69 Å². The Morgan fingerprint density at radius 3 is 2.33 bits per heavy atom. The number of halogens is 5. The Labute approximate surface area is 150 Å². The molecule has 0 fully saturated rings. The number of nitrogens with zero attached hydrogens (tertiary/aromatic N) is 3. The van der Waals surface area contributed by atoms with Crippen LogP contribution in [0.1, 0.15) is 5.69 Å². The predicted molar refractivity (Wildman–Crippen MR) is 84.8 cm³/mol. The first kappa shape index (κ1) is 19.0. The summed E-state index contributed by atoms with van der Waals surface area (Å²) >= 11 is 0. The van der Waals surface area contributed by atoms with Crippen LogP contribution in [-0.4, -0.2) is 29.4 Å². The largest absolute Gasteiger partial charge is 0.435 e. The van der Waals surface area contributed by atoms with Gasteiger partial charge in [0.1, 0.15) is 16.5 Å². The van der Waals surface area contributed by atoms with Crippen LogP contribution in [0.25, 0.3) is 16.9 Å². The smallest absolute Gasteiger partial charge is 0.262 e. The van der Waals surface area contributed by atoms with Crippen LogP contribution in [0.2, 0.25) is 0 Å². The Bertz CT molecular complexity index is 1110. The van der Waals surface area contributed by atoms with Crippen LogP contribution in [-0.2, 0) is 16.0 Å². The van der Waals surface area contributed by atoms with Crippen molar-refractivity contribution < 1.29 is 30.4 Å². The van der Waals surface area contributed by atoms with Gasteiger partial charge < -0.3 is 0 Å². The van der Waals surface area contributed by atoms with Crippen molar-refractivity contribution in [3.63, 3.8) is 0 Å². The van der Waals surface area contributed by atoms with Crippen LogP contribution in [0.3, 0.4) is 0 Å². The molecule has 0 atom stereocenters. The standard InChI is InChI=1S/C16H10F5N3O2S/c1-27(25,26)14-6-11(17)10(5-12(14)18)13-7-15(16(19,20)21)23-24(13)9-3-2-4-22-8-9/h2-8H,1H3. The quantitative estimate of drug-likeness (QED) is 0.627. The summed E-state index contributed by atoms with van der Waals surface area (Å²) in [6, 6.07) is 4.30. The lowest BCUT2D eigenvalue weighted by atomic mass is 10.1. The second-order valence-corrected chi connectivity index (χ2v) is 7.55. The lowest BCUT2D eigenvalue weighted by Crippen LogP contribution is -2.07. The maximum atomic E-state index is 14.5. The highest BCUT2D eigenvalue weighted by Crippen LogP contribution is 2.35. The van der Waals surface area contributed by atoms with Crippen molar-refractivity contribution in [3.05, 3.63) is 60.1 Å². The van der Waals surface area contributed by atoms with Crippen LogP contribution < -0.4 is 0 Å². The summed E-state index contributed by atoms with van der Waals surface area (Å²) in [6.07, 6.45) is -1.58. The molecule has 0 amide bonds. The molecule has 0 radical (unpaired) electrons. The first-order valence-corrected chi connectivity index (χ1v) is 9.15. The zero-order valence-electron chi connectivity index (χ0n) is 13.5. The molecule has 0 aliphatic carbocycles. The van der Waals surface area contributed by atoms with E-state index in [0.717, 1.165) is 4.68 Å². The normalized spacial score (nSPS) is 12.4. The van der Waals surface area contributed by atoms with E-state index in [0.29, 0.717) is 24.5 Å². The van der Waals surface area contributed by atoms with Gasteiger partial charge in [0.15, 0.2) is 15.5 Å². The topological polar surface area (TPSA) is 64.8 Å². The molecule has 0 bridgehead atoms. The SMILES string of the molecule is CS(=O)(=O)c1cc(F)c(-c2cc(C(F)(F)F)nn2-c2cccnc2)cc1F. The van der Waals surface area contributed by atoms with Crippen molar-refractivity contribution in [1.29, 1.82) is 0 Å². The minimum absolute atomic E-state index is 0.0787. The Hall–Kier alpha value is -2.82. The fourth-order valence-electron chi connectivity index (χ4n) is 2.40.